The Hall–Kier alpha value is -3.72. The first-order chi connectivity index (χ1) is 18.3. The number of imidazole rings is 1. The highest BCUT2D eigenvalue weighted by Gasteiger charge is 2.31. The van der Waals surface area contributed by atoms with Crippen molar-refractivity contribution in [2.24, 2.45) is 7.05 Å². The van der Waals surface area contributed by atoms with E-state index in [4.69, 9.17) is 9.97 Å². The molecule has 0 bridgehead atoms. The predicted molar refractivity (Wildman–Crippen MR) is 152 cm³/mol. The molecule has 2 aromatic heterocycles. The second-order valence-electron chi connectivity index (χ2n) is 11.0. The summed E-state index contributed by atoms with van der Waals surface area (Å²) < 4.78 is 2.17. The van der Waals surface area contributed by atoms with Crippen molar-refractivity contribution in [1.29, 1.82) is 0 Å². The maximum absolute atomic E-state index is 13.7. The highest BCUT2D eigenvalue weighted by atomic mass is 16.2. The van der Waals surface area contributed by atoms with Crippen molar-refractivity contribution < 1.29 is 4.79 Å². The van der Waals surface area contributed by atoms with Gasteiger partial charge in [-0.1, -0.05) is 18.2 Å². The monoisotopic (exact) mass is 512 g/mol. The van der Waals surface area contributed by atoms with Crippen LogP contribution in [-0.2, 0) is 7.05 Å². The molecule has 0 radical (unpaired) electrons. The number of carbonyl (C=O) groups is 1. The smallest absolute Gasteiger partial charge is 0.324 e. The minimum atomic E-state index is 0.00283. The maximum atomic E-state index is 13.7. The summed E-state index contributed by atoms with van der Waals surface area (Å²) in [5.41, 5.74) is 5.50. The molecule has 3 heterocycles. The number of hydrogen-bond donors (Lipinski definition) is 1. The first kappa shape index (κ1) is 24.6. The lowest BCUT2D eigenvalue weighted by molar-refractivity contribution is 0.123. The van der Waals surface area contributed by atoms with Crippen LogP contribution in [0, 0.1) is 6.92 Å². The number of amides is 2. The topological polar surface area (TPSA) is 82.4 Å². The van der Waals surface area contributed by atoms with Crippen molar-refractivity contribution in [2.45, 2.75) is 45.6 Å². The van der Waals surface area contributed by atoms with Crippen LogP contribution in [0.25, 0.3) is 21.9 Å². The van der Waals surface area contributed by atoms with Gasteiger partial charge in [-0.15, -0.1) is 0 Å². The molecule has 1 saturated heterocycles. The number of benzene rings is 2. The van der Waals surface area contributed by atoms with Crippen molar-refractivity contribution in [3.8, 4) is 0 Å². The van der Waals surface area contributed by atoms with Crippen molar-refractivity contribution in [1.82, 2.24) is 29.3 Å². The predicted octanol–water partition coefficient (Wildman–Crippen LogP) is 5.03. The largest absolute Gasteiger partial charge is 0.331 e. The van der Waals surface area contributed by atoms with Gasteiger partial charge in [-0.05, 0) is 51.3 Å². The number of nitrogens with one attached hydrogen (secondary N) is 1. The quantitative estimate of drug-likeness (QED) is 0.404. The highest BCUT2D eigenvalue weighted by Crippen LogP contribution is 2.42. The molecule has 38 heavy (non-hydrogen) atoms. The molecule has 198 valence electrons. The van der Waals surface area contributed by atoms with Crippen LogP contribution in [-0.4, -0.2) is 74.6 Å². The zero-order valence-electron chi connectivity index (χ0n) is 22.9. The third-order valence-electron chi connectivity index (χ3n) is 7.98. The highest BCUT2D eigenvalue weighted by molar-refractivity contribution is 6.02. The van der Waals surface area contributed by atoms with Gasteiger partial charge >= 0.3 is 6.03 Å². The van der Waals surface area contributed by atoms with E-state index in [1.807, 2.05) is 36.3 Å². The van der Waals surface area contributed by atoms with Gasteiger partial charge in [0.2, 0.25) is 5.95 Å². The van der Waals surface area contributed by atoms with E-state index in [0.29, 0.717) is 17.9 Å². The van der Waals surface area contributed by atoms with E-state index in [-0.39, 0.29) is 6.03 Å². The fourth-order valence-electron chi connectivity index (χ4n) is 5.46. The number of fused-ring (bicyclic) bond motifs is 2. The van der Waals surface area contributed by atoms with Crippen LogP contribution in [0.5, 0.6) is 0 Å². The van der Waals surface area contributed by atoms with Crippen LogP contribution < -0.4 is 10.2 Å². The maximum Gasteiger partial charge on any atom is 0.324 e. The van der Waals surface area contributed by atoms with E-state index >= 15 is 0 Å². The standard InChI is InChI=1S/C29H36N8O/c1-18(2)36-11-13-37(14-12-36)29(38)35(5)24-16-22(15-23-26(24)32-27(34(23)4)20-9-10-20)31-28-30-17-21-8-6-7-19(3)25(21)33-28/h6-8,15-18,20H,9-14H2,1-5H3,(H,30,31,33). The molecule has 9 heteroatoms. The van der Waals surface area contributed by atoms with Crippen molar-refractivity contribution in [3.63, 3.8) is 0 Å². The third kappa shape index (κ3) is 4.45. The van der Waals surface area contributed by atoms with E-state index in [2.05, 4.69) is 59.7 Å². The Morgan fingerprint density at radius 1 is 1.08 bits per heavy atom. The van der Waals surface area contributed by atoms with E-state index in [9.17, 15) is 4.79 Å². The van der Waals surface area contributed by atoms with Crippen molar-refractivity contribution >= 4 is 45.3 Å². The number of aromatic nitrogens is 4. The van der Waals surface area contributed by atoms with Gasteiger partial charge < -0.3 is 14.8 Å². The van der Waals surface area contributed by atoms with Crippen molar-refractivity contribution in [3.05, 3.63) is 47.9 Å². The number of piperazine rings is 1. The number of nitrogens with zero attached hydrogens (tertiary/aromatic N) is 7. The van der Waals surface area contributed by atoms with Crippen LogP contribution in [0.4, 0.5) is 22.1 Å². The Bertz CT molecular complexity index is 1510. The molecule has 2 aliphatic rings. The zero-order chi connectivity index (χ0) is 26.6. The SMILES string of the molecule is Cc1cccc2cnc(Nc3cc(N(C)C(=O)N4CCN(C(C)C)CC4)c4nc(C5CC5)n(C)c4c3)nc12. The summed E-state index contributed by atoms with van der Waals surface area (Å²) in [4.78, 5) is 34.2. The number of aryl methyl sites for hydroxylation is 2. The summed E-state index contributed by atoms with van der Waals surface area (Å²) in [6.45, 7) is 9.70. The summed E-state index contributed by atoms with van der Waals surface area (Å²) in [5, 5.41) is 4.42. The van der Waals surface area contributed by atoms with Crippen molar-refractivity contribution in [2.75, 3.05) is 43.4 Å². The molecule has 0 unspecified atom stereocenters. The van der Waals surface area contributed by atoms with E-state index in [0.717, 1.165) is 83.7 Å². The minimum Gasteiger partial charge on any atom is -0.331 e. The normalized spacial score (nSPS) is 16.5. The first-order valence-electron chi connectivity index (χ1n) is 13.6. The van der Waals surface area contributed by atoms with E-state index in [1.54, 1.807) is 4.90 Å². The van der Waals surface area contributed by atoms with Gasteiger partial charge in [-0.25, -0.2) is 19.7 Å². The van der Waals surface area contributed by atoms with Gasteiger partial charge in [0.15, 0.2) is 0 Å². The van der Waals surface area contributed by atoms with E-state index < -0.39 is 0 Å². The molecule has 9 nitrogen and oxygen atoms in total. The van der Waals surface area contributed by atoms with Gasteiger partial charge in [0, 0.05) is 69.5 Å². The Balaban J connectivity index is 1.36. The van der Waals surface area contributed by atoms with E-state index in [1.165, 1.54) is 0 Å². The van der Waals surface area contributed by atoms with Crippen LogP contribution in [0.15, 0.2) is 36.5 Å². The summed E-state index contributed by atoms with van der Waals surface area (Å²) in [5.74, 6) is 2.11. The Kier molecular flexibility index (Phi) is 6.18. The Morgan fingerprint density at radius 3 is 2.55 bits per heavy atom. The molecule has 2 fully saturated rings. The number of urea groups is 1. The fraction of sp³-hybridized carbons (Fsp3) is 0.448. The second-order valence-corrected chi connectivity index (χ2v) is 11.0. The summed E-state index contributed by atoms with van der Waals surface area (Å²) in [7, 11) is 3.93. The molecular weight excluding hydrogens is 476 g/mol. The first-order valence-corrected chi connectivity index (χ1v) is 13.6. The van der Waals surface area contributed by atoms with Crippen LogP contribution in [0.1, 0.15) is 44.0 Å². The number of para-hydroxylation sites is 1. The molecule has 2 amide bonds. The lowest BCUT2D eigenvalue weighted by Crippen LogP contribution is -2.53. The molecule has 1 N–H and O–H groups in total. The number of hydrogen-bond acceptors (Lipinski definition) is 6. The molecule has 2 aromatic carbocycles. The summed E-state index contributed by atoms with van der Waals surface area (Å²) in [6, 6.07) is 10.7. The molecule has 1 aliphatic carbocycles. The average Bonchev–Trinajstić information content (AvgIpc) is 3.71. The number of carbonyl (C=O) groups excluding carboxylic acids is 1. The molecule has 6 rings (SSSR count). The molecule has 4 aromatic rings. The van der Waals surface area contributed by atoms with Crippen LogP contribution in [0.3, 0.4) is 0 Å². The van der Waals surface area contributed by atoms with Gasteiger partial charge in [0.1, 0.15) is 11.3 Å². The minimum absolute atomic E-state index is 0.00283. The lowest BCUT2D eigenvalue weighted by Gasteiger charge is -2.38. The average molecular weight is 513 g/mol. The second kappa shape index (κ2) is 9.54. The fourth-order valence-corrected chi connectivity index (χ4v) is 5.46. The molecule has 0 spiro atoms. The molecular formula is C29H36N8O. The van der Waals surface area contributed by atoms with Crippen LogP contribution >= 0.6 is 0 Å². The van der Waals surface area contributed by atoms with Gasteiger partial charge in [-0.2, -0.15) is 0 Å². The summed E-state index contributed by atoms with van der Waals surface area (Å²) in [6.07, 6.45) is 4.17. The Labute approximate surface area is 223 Å². The Morgan fingerprint density at radius 2 is 1.84 bits per heavy atom. The summed E-state index contributed by atoms with van der Waals surface area (Å²) >= 11 is 0. The van der Waals surface area contributed by atoms with Gasteiger partial charge in [-0.3, -0.25) is 9.80 Å². The van der Waals surface area contributed by atoms with Gasteiger partial charge in [0.25, 0.3) is 0 Å². The number of rotatable bonds is 5. The van der Waals surface area contributed by atoms with Crippen LogP contribution in [0.2, 0.25) is 0 Å². The number of anilines is 3. The molecule has 1 saturated carbocycles. The molecule has 0 atom stereocenters. The van der Waals surface area contributed by atoms with Gasteiger partial charge in [0.05, 0.1) is 16.7 Å². The lowest BCUT2D eigenvalue weighted by atomic mass is 10.1. The molecule has 1 aliphatic heterocycles. The zero-order valence-corrected chi connectivity index (χ0v) is 22.9. The third-order valence-corrected chi connectivity index (χ3v) is 7.98.